The molecule has 1 fully saturated rings. The molecule has 1 nitrogen and oxygen atoms in total. The molecule has 1 rings (SSSR count). The molecule has 0 radical (unpaired) electrons. The molecule has 0 aromatic heterocycles. The molecule has 0 saturated carbocycles. The van der Waals surface area contributed by atoms with Gasteiger partial charge in [0, 0.05) is 0 Å². The first kappa shape index (κ1) is 10.8. The van der Waals surface area contributed by atoms with Crippen molar-refractivity contribution in [1.82, 2.24) is 3.11 Å². The second-order valence-corrected chi connectivity index (χ2v) is 9.66. The van der Waals surface area contributed by atoms with Crippen LogP contribution in [0.1, 0.15) is 26.7 Å². The van der Waals surface area contributed by atoms with Crippen LogP contribution in [0.2, 0.25) is 0 Å². The maximum atomic E-state index is 2.75. The van der Waals surface area contributed by atoms with Crippen LogP contribution in [0.3, 0.4) is 0 Å². The Hall–Kier alpha value is 0.690. The molecule has 0 amide bonds. The topological polar surface area (TPSA) is 3.24 Å². The Bertz CT molecular complexity index is 110. The molecule has 0 aliphatic carbocycles. The summed E-state index contributed by atoms with van der Waals surface area (Å²) in [6.07, 6.45) is 2.90. The summed E-state index contributed by atoms with van der Waals surface area (Å²) in [7, 11) is 0. The van der Waals surface area contributed by atoms with Crippen LogP contribution in [0.25, 0.3) is 0 Å². The Morgan fingerprint density at radius 1 is 1.17 bits per heavy atom. The zero-order chi connectivity index (χ0) is 9.14. The van der Waals surface area contributed by atoms with E-state index in [0.29, 0.717) is 0 Å². The van der Waals surface area contributed by atoms with Crippen LogP contribution in [0, 0.1) is 11.8 Å². The summed E-state index contributed by atoms with van der Waals surface area (Å²) in [6, 6.07) is 0. The third-order valence-electron chi connectivity index (χ3n) is 2.91. The third-order valence-corrected chi connectivity index (χ3v) is 6.60. The van der Waals surface area contributed by atoms with Crippen molar-refractivity contribution in [3.8, 4) is 0 Å². The average molecular weight is 283 g/mol. The van der Waals surface area contributed by atoms with Gasteiger partial charge in [-0.15, -0.1) is 0 Å². The molecule has 74 valence electrons. The van der Waals surface area contributed by atoms with E-state index in [1.165, 1.54) is 25.9 Å². The zero-order valence-electron chi connectivity index (χ0n) is 8.81. The minimum absolute atomic E-state index is 0.634. The first-order valence-corrected chi connectivity index (χ1v) is 10.1. The van der Waals surface area contributed by atoms with Crippen LogP contribution >= 0.6 is 20.1 Å². The molecular weight excluding hydrogens is 261 g/mol. The first-order valence-electron chi connectivity index (χ1n) is 4.86. The van der Waals surface area contributed by atoms with E-state index in [4.69, 9.17) is 0 Å². The second-order valence-electron chi connectivity index (χ2n) is 4.21. The van der Waals surface area contributed by atoms with Crippen molar-refractivity contribution in [3.05, 3.63) is 0 Å². The van der Waals surface area contributed by atoms with Crippen LogP contribution in [-0.2, 0) is 0 Å². The fourth-order valence-electron chi connectivity index (χ4n) is 1.87. The average Bonchev–Trinajstić information content (AvgIpc) is 2.04. The normalized spacial score (nSPS) is 23.2. The fourth-order valence-corrected chi connectivity index (χ4v) is 4.36. The van der Waals surface area contributed by atoms with Crippen LogP contribution in [0.4, 0.5) is 0 Å². The molecule has 1 aliphatic heterocycles. The van der Waals surface area contributed by atoms with Gasteiger partial charge in [0.05, 0.1) is 0 Å². The molecule has 2 heteroatoms. The van der Waals surface area contributed by atoms with Gasteiger partial charge in [0.2, 0.25) is 0 Å². The summed E-state index contributed by atoms with van der Waals surface area (Å²) >= 11 is -0.634. The van der Waals surface area contributed by atoms with Crippen LogP contribution < -0.4 is 0 Å². The van der Waals surface area contributed by atoms with Crippen LogP contribution in [0.5, 0.6) is 0 Å². The van der Waals surface area contributed by atoms with Gasteiger partial charge >= 0.3 is 84.7 Å². The molecule has 1 aliphatic rings. The molecule has 0 aromatic carbocycles. The van der Waals surface area contributed by atoms with Crippen molar-refractivity contribution in [2.45, 2.75) is 26.7 Å². The molecule has 1 heterocycles. The second kappa shape index (κ2) is 4.80. The van der Waals surface area contributed by atoms with Gasteiger partial charge in [-0.05, 0) is 0 Å². The van der Waals surface area contributed by atoms with Crippen molar-refractivity contribution >= 4 is 20.1 Å². The molecule has 0 unspecified atom stereocenters. The summed E-state index contributed by atoms with van der Waals surface area (Å²) in [5.41, 5.74) is 0. The number of alkyl halides is 2. The molecule has 0 bridgehead atoms. The number of hydrogen-bond donors (Lipinski definition) is 0. The van der Waals surface area contributed by atoms with Crippen molar-refractivity contribution in [3.63, 3.8) is 0 Å². The number of halogens is 1. The summed E-state index contributed by atoms with van der Waals surface area (Å²) in [5, 5.41) is 0. The van der Waals surface area contributed by atoms with Gasteiger partial charge in [-0.2, -0.15) is 0 Å². The molecular formula is C10H22IN. The molecule has 1 saturated heterocycles. The predicted molar refractivity (Wildman–Crippen MR) is 65.0 cm³/mol. The van der Waals surface area contributed by atoms with Gasteiger partial charge in [0.15, 0.2) is 0 Å². The standard InChI is InChI=1S/C10H22IN/c1-9(2)10-5-7-12(8-6-10)11(3)4/h9-10H,5-8H2,1-4H3. The van der Waals surface area contributed by atoms with E-state index in [1.54, 1.807) is 0 Å². The van der Waals surface area contributed by atoms with Crippen molar-refractivity contribution in [1.29, 1.82) is 0 Å². The van der Waals surface area contributed by atoms with Gasteiger partial charge < -0.3 is 0 Å². The van der Waals surface area contributed by atoms with Gasteiger partial charge in [-0.25, -0.2) is 0 Å². The van der Waals surface area contributed by atoms with E-state index in [9.17, 15) is 0 Å². The van der Waals surface area contributed by atoms with Crippen LogP contribution in [-0.4, -0.2) is 26.1 Å². The summed E-state index contributed by atoms with van der Waals surface area (Å²) < 4.78 is 2.75. The minimum atomic E-state index is -0.634. The molecule has 0 N–H and O–H groups in total. The summed E-state index contributed by atoms with van der Waals surface area (Å²) in [6.45, 7) is 7.52. The maximum absolute atomic E-state index is 2.75. The van der Waals surface area contributed by atoms with E-state index in [0.717, 1.165) is 11.8 Å². The number of nitrogens with zero attached hydrogens (tertiary/aromatic N) is 1. The monoisotopic (exact) mass is 283 g/mol. The van der Waals surface area contributed by atoms with E-state index < -0.39 is 20.1 Å². The number of hydrogen-bond acceptors (Lipinski definition) is 1. The van der Waals surface area contributed by atoms with Gasteiger partial charge in [0.1, 0.15) is 0 Å². The molecule has 0 aromatic rings. The van der Waals surface area contributed by atoms with E-state index >= 15 is 0 Å². The van der Waals surface area contributed by atoms with Crippen LogP contribution in [0.15, 0.2) is 0 Å². The van der Waals surface area contributed by atoms with Crippen molar-refractivity contribution in [2.24, 2.45) is 11.8 Å². The van der Waals surface area contributed by atoms with E-state index in [1.807, 2.05) is 0 Å². The van der Waals surface area contributed by atoms with Crippen molar-refractivity contribution < 1.29 is 0 Å². The Balaban J connectivity index is 2.30. The Morgan fingerprint density at radius 3 is 2.00 bits per heavy atom. The fraction of sp³-hybridized carbons (Fsp3) is 1.00. The first-order chi connectivity index (χ1) is 5.61. The van der Waals surface area contributed by atoms with Gasteiger partial charge in [-0.3, -0.25) is 0 Å². The Morgan fingerprint density at radius 2 is 1.67 bits per heavy atom. The third kappa shape index (κ3) is 2.87. The van der Waals surface area contributed by atoms with E-state index in [-0.39, 0.29) is 0 Å². The van der Waals surface area contributed by atoms with Gasteiger partial charge in [-0.1, -0.05) is 0 Å². The number of piperidine rings is 1. The zero-order valence-corrected chi connectivity index (χ0v) is 11.0. The summed E-state index contributed by atoms with van der Waals surface area (Å²) in [4.78, 5) is 4.92. The molecule has 0 atom stereocenters. The SMILES string of the molecule is CC(C)C1CCN(I(C)C)CC1. The Labute approximate surface area is 84.6 Å². The van der Waals surface area contributed by atoms with Crippen molar-refractivity contribution in [2.75, 3.05) is 23.0 Å². The molecule has 0 spiro atoms. The number of rotatable bonds is 2. The Kier molecular flexibility index (Phi) is 4.30. The summed E-state index contributed by atoms with van der Waals surface area (Å²) in [5.74, 6) is 1.92. The molecule has 12 heavy (non-hydrogen) atoms. The predicted octanol–water partition coefficient (Wildman–Crippen LogP) is 3.04. The van der Waals surface area contributed by atoms with Gasteiger partial charge in [0.25, 0.3) is 0 Å². The quantitative estimate of drug-likeness (QED) is 0.428. The van der Waals surface area contributed by atoms with E-state index in [2.05, 4.69) is 26.8 Å².